The van der Waals surface area contributed by atoms with Crippen LogP contribution in [0.2, 0.25) is 0 Å². The highest BCUT2D eigenvalue weighted by molar-refractivity contribution is 5.99. The predicted molar refractivity (Wildman–Crippen MR) is 134 cm³/mol. The van der Waals surface area contributed by atoms with Crippen LogP contribution in [0.15, 0.2) is 60.8 Å². The van der Waals surface area contributed by atoms with Gasteiger partial charge in [-0.1, -0.05) is 73.9 Å². The monoisotopic (exact) mass is 446 g/mol. The Kier molecular flexibility index (Phi) is 8.04. The molecule has 2 N–H and O–H groups in total. The molecular weight excluding hydrogens is 412 g/mol. The van der Waals surface area contributed by atoms with Crippen LogP contribution >= 0.6 is 0 Å². The number of nitrogens with zero attached hydrogens (tertiary/aromatic N) is 2. The smallest absolute Gasteiger partial charge is 0.255 e. The Morgan fingerprint density at radius 1 is 1.00 bits per heavy atom. The zero-order valence-corrected chi connectivity index (χ0v) is 19.2. The molecule has 1 amide bonds. The molecule has 2 aromatic carbocycles. The fraction of sp³-hybridized carbons (Fsp3) is 0.370. The molecule has 1 aliphatic rings. The van der Waals surface area contributed by atoms with E-state index in [2.05, 4.69) is 39.9 Å². The maximum atomic E-state index is 13.1. The first-order chi connectivity index (χ1) is 16.2. The Labute approximate surface area is 197 Å². The van der Waals surface area contributed by atoms with Crippen LogP contribution in [-0.4, -0.2) is 42.7 Å². The number of rotatable bonds is 9. The quantitative estimate of drug-likeness (QED) is 0.429. The molecule has 1 aliphatic carbocycles. The summed E-state index contributed by atoms with van der Waals surface area (Å²) in [5.74, 6) is 0.927. The fourth-order valence-corrected chi connectivity index (χ4v) is 4.29. The van der Waals surface area contributed by atoms with Gasteiger partial charge < -0.3 is 15.4 Å². The summed E-state index contributed by atoms with van der Waals surface area (Å²) in [4.78, 5) is 22.2. The molecule has 4 rings (SSSR count). The molecule has 0 atom stereocenters. The summed E-state index contributed by atoms with van der Waals surface area (Å²) in [6, 6.07) is 18.4. The van der Waals surface area contributed by atoms with Gasteiger partial charge in [-0.15, -0.1) is 0 Å². The maximum absolute atomic E-state index is 13.1. The third-order valence-corrected chi connectivity index (χ3v) is 6.16. The van der Waals surface area contributed by atoms with Gasteiger partial charge in [-0.25, -0.2) is 9.97 Å². The van der Waals surface area contributed by atoms with E-state index in [0.717, 1.165) is 16.7 Å². The van der Waals surface area contributed by atoms with Gasteiger partial charge in [0.15, 0.2) is 0 Å². The van der Waals surface area contributed by atoms with E-state index in [1.165, 1.54) is 32.1 Å². The lowest BCUT2D eigenvalue weighted by atomic mass is 9.89. The topological polar surface area (TPSA) is 76.1 Å². The van der Waals surface area contributed by atoms with Crippen molar-refractivity contribution in [3.8, 4) is 22.4 Å². The summed E-state index contributed by atoms with van der Waals surface area (Å²) in [5.41, 5.74) is 4.28. The standard InChI is InChI=1S/C27H32N4O2.H2/c1-33-17-16-28-27-30-19-24(26(32)29-18-20-8-4-2-5-9-20)25(31-27)23-14-12-22(13-15-23)21-10-6-3-7-11-21;/h3,6-7,10-15,19-20H,2,4-5,8-9,16-18H2,1H3,(H,29,32)(H,28,30,31);1H. The second-order valence-corrected chi connectivity index (χ2v) is 8.53. The molecule has 0 aliphatic heterocycles. The van der Waals surface area contributed by atoms with Gasteiger partial charge in [0.25, 0.3) is 5.91 Å². The van der Waals surface area contributed by atoms with Crippen molar-refractivity contribution in [3.05, 3.63) is 66.4 Å². The number of carbonyl (C=O) groups excluding carboxylic acids is 1. The van der Waals surface area contributed by atoms with Crippen molar-refractivity contribution in [2.24, 2.45) is 5.92 Å². The molecule has 1 saturated carbocycles. The molecule has 3 aromatic rings. The first-order valence-corrected chi connectivity index (χ1v) is 11.8. The maximum Gasteiger partial charge on any atom is 0.255 e. The van der Waals surface area contributed by atoms with E-state index in [4.69, 9.17) is 9.72 Å². The van der Waals surface area contributed by atoms with E-state index in [0.29, 0.717) is 42.8 Å². The average molecular weight is 447 g/mol. The highest BCUT2D eigenvalue weighted by Crippen LogP contribution is 2.27. The zero-order valence-electron chi connectivity index (χ0n) is 19.2. The molecule has 33 heavy (non-hydrogen) atoms. The number of nitrogens with one attached hydrogen (secondary N) is 2. The number of anilines is 1. The largest absolute Gasteiger partial charge is 0.383 e. The normalized spacial score (nSPS) is 14.1. The highest BCUT2D eigenvalue weighted by atomic mass is 16.5. The number of hydrogen-bond donors (Lipinski definition) is 2. The van der Waals surface area contributed by atoms with Gasteiger partial charge in [0.1, 0.15) is 0 Å². The summed E-state index contributed by atoms with van der Waals surface area (Å²) < 4.78 is 5.10. The van der Waals surface area contributed by atoms with Gasteiger partial charge >= 0.3 is 0 Å². The van der Waals surface area contributed by atoms with E-state index >= 15 is 0 Å². The number of hydrogen-bond acceptors (Lipinski definition) is 5. The first-order valence-electron chi connectivity index (χ1n) is 11.8. The minimum Gasteiger partial charge on any atom is -0.383 e. The van der Waals surface area contributed by atoms with Crippen LogP contribution in [0.3, 0.4) is 0 Å². The molecule has 1 fully saturated rings. The van der Waals surface area contributed by atoms with E-state index in [1.54, 1.807) is 13.3 Å². The van der Waals surface area contributed by atoms with Crippen molar-refractivity contribution in [2.75, 3.05) is 32.1 Å². The fourth-order valence-electron chi connectivity index (χ4n) is 4.29. The Morgan fingerprint density at radius 2 is 1.70 bits per heavy atom. The van der Waals surface area contributed by atoms with Crippen molar-refractivity contribution < 1.29 is 11.0 Å². The molecule has 174 valence electrons. The number of amides is 1. The summed E-state index contributed by atoms with van der Waals surface area (Å²) in [6.07, 6.45) is 7.81. The van der Waals surface area contributed by atoms with Crippen LogP contribution in [0.5, 0.6) is 0 Å². The number of ether oxygens (including phenoxy) is 1. The van der Waals surface area contributed by atoms with Gasteiger partial charge in [-0.2, -0.15) is 0 Å². The number of aromatic nitrogens is 2. The van der Waals surface area contributed by atoms with Crippen molar-refractivity contribution in [3.63, 3.8) is 0 Å². The molecule has 0 bridgehead atoms. The second-order valence-electron chi connectivity index (χ2n) is 8.53. The third-order valence-electron chi connectivity index (χ3n) is 6.16. The Morgan fingerprint density at radius 3 is 2.42 bits per heavy atom. The lowest BCUT2D eigenvalue weighted by Crippen LogP contribution is -2.31. The molecule has 0 radical (unpaired) electrons. The molecule has 6 nitrogen and oxygen atoms in total. The van der Waals surface area contributed by atoms with Crippen molar-refractivity contribution in [1.29, 1.82) is 0 Å². The molecule has 1 heterocycles. The second kappa shape index (κ2) is 11.6. The zero-order chi connectivity index (χ0) is 22.9. The van der Waals surface area contributed by atoms with Crippen molar-refractivity contribution in [2.45, 2.75) is 32.1 Å². The molecule has 0 saturated heterocycles. The highest BCUT2D eigenvalue weighted by Gasteiger charge is 2.19. The summed E-state index contributed by atoms with van der Waals surface area (Å²) in [6.45, 7) is 1.85. The van der Waals surface area contributed by atoms with Gasteiger partial charge in [0.2, 0.25) is 5.95 Å². The van der Waals surface area contributed by atoms with Crippen molar-refractivity contribution >= 4 is 11.9 Å². The van der Waals surface area contributed by atoms with Crippen molar-refractivity contribution in [1.82, 2.24) is 15.3 Å². The first kappa shape index (κ1) is 22.9. The third kappa shape index (κ3) is 6.17. The van der Waals surface area contributed by atoms with E-state index in [1.807, 2.05) is 30.3 Å². The predicted octanol–water partition coefficient (Wildman–Crippen LogP) is 5.43. The summed E-state index contributed by atoms with van der Waals surface area (Å²) >= 11 is 0. The van der Waals surface area contributed by atoms with Gasteiger partial charge in [0.05, 0.1) is 17.9 Å². The van der Waals surface area contributed by atoms with Crippen LogP contribution in [0.4, 0.5) is 5.95 Å². The SMILES string of the molecule is COCCNc1ncc(C(=O)NCC2CCCCC2)c(-c2ccc(-c3ccccc3)cc2)n1.[HH]. The van der Waals surface area contributed by atoms with E-state index in [-0.39, 0.29) is 7.33 Å². The van der Waals surface area contributed by atoms with Gasteiger partial charge in [0, 0.05) is 33.4 Å². The Balaban J connectivity index is 0.00000324. The average Bonchev–Trinajstić information content (AvgIpc) is 2.88. The number of carbonyl (C=O) groups is 1. The van der Waals surface area contributed by atoms with Crippen LogP contribution < -0.4 is 10.6 Å². The van der Waals surface area contributed by atoms with E-state index in [9.17, 15) is 4.79 Å². The number of benzene rings is 2. The van der Waals surface area contributed by atoms with E-state index < -0.39 is 0 Å². The van der Waals surface area contributed by atoms with Crippen LogP contribution in [0.1, 0.15) is 43.9 Å². The minimum absolute atomic E-state index is 0. The Hall–Kier alpha value is -3.25. The minimum atomic E-state index is -0.119. The van der Waals surface area contributed by atoms with Gasteiger partial charge in [-0.3, -0.25) is 4.79 Å². The van der Waals surface area contributed by atoms with Gasteiger partial charge in [-0.05, 0) is 29.9 Å². The summed E-state index contributed by atoms with van der Waals surface area (Å²) in [5, 5.41) is 6.29. The molecule has 1 aromatic heterocycles. The van der Waals surface area contributed by atoms with Crippen LogP contribution in [-0.2, 0) is 4.74 Å². The Bertz CT molecular complexity index is 1040. The lowest BCUT2D eigenvalue weighted by Gasteiger charge is -2.22. The van der Waals surface area contributed by atoms with Crippen LogP contribution in [0.25, 0.3) is 22.4 Å². The summed E-state index contributed by atoms with van der Waals surface area (Å²) in [7, 11) is 1.65. The molecule has 0 spiro atoms. The molecule has 0 unspecified atom stereocenters. The molecular formula is C27H34N4O2. The lowest BCUT2D eigenvalue weighted by molar-refractivity contribution is 0.0943. The molecule has 6 heteroatoms. The van der Waals surface area contributed by atoms with Crippen LogP contribution in [0, 0.1) is 5.92 Å². The number of methoxy groups -OCH3 is 1.